The van der Waals surface area contributed by atoms with Crippen molar-refractivity contribution in [2.75, 3.05) is 14.1 Å². The zero-order valence-corrected chi connectivity index (χ0v) is 11.8. The largest absolute Gasteiger partial charge is 0.455 e. The molecule has 1 aliphatic rings. The summed E-state index contributed by atoms with van der Waals surface area (Å²) in [5.41, 5.74) is 9.52. The van der Waals surface area contributed by atoms with Crippen molar-refractivity contribution in [2.24, 2.45) is 10.8 Å². The monoisotopic (exact) mass is 278 g/mol. The highest BCUT2D eigenvalue weighted by molar-refractivity contribution is 6.06. The summed E-state index contributed by atoms with van der Waals surface area (Å²) in [5, 5.41) is 4.01. The first-order chi connectivity index (χ1) is 9.41. The molecule has 7 nitrogen and oxygen atoms in total. The molecule has 1 aromatic rings. The van der Waals surface area contributed by atoms with E-state index in [1.54, 1.807) is 14.1 Å². The molecule has 0 aromatic carbocycles. The van der Waals surface area contributed by atoms with Gasteiger partial charge in [-0.05, 0) is 19.8 Å². The minimum absolute atomic E-state index is 0.181. The van der Waals surface area contributed by atoms with Gasteiger partial charge in [-0.15, -0.1) is 0 Å². The minimum atomic E-state index is -0.713. The number of hydrogen-bond donors (Lipinski definition) is 2. The number of nitrogens with zero attached hydrogens (tertiary/aromatic N) is 2. The van der Waals surface area contributed by atoms with Gasteiger partial charge < -0.3 is 15.1 Å². The molecule has 0 bridgehead atoms. The summed E-state index contributed by atoms with van der Waals surface area (Å²) in [4.78, 5) is 24.3. The Bertz CT molecular complexity index is 587. The summed E-state index contributed by atoms with van der Waals surface area (Å²) < 4.78 is 5.68. The van der Waals surface area contributed by atoms with Crippen LogP contribution in [-0.2, 0) is 6.42 Å². The van der Waals surface area contributed by atoms with Crippen molar-refractivity contribution in [3.8, 4) is 0 Å². The summed E-state index contributed by atoms with van der Waals surface area (Å²) in [6.45, 7) is 1.82. The number of fused-ring (bicyclic) bond motifs is 1. The number of amides is 3. The highest BCUT2D eigenvalue weighted by atomic mass is 16.4. The van der Waals surface area contributed by atoms with Crippen LogP contribution < -0.4 is 11.2 Å². The number of rotatable bonds is 2. The van der Waals surface area contributed by atoms with E-state index in [0.717, 1.165) is 29.7 Å². The average molecular weight is 278 g/mol. The van der Waals surface area contributed by atoms with Crippen molar-refractivity contribution in [1.29, 1.82) is 0 Å². The van der Waals surface area contributed by atoms with Crippen LogP contribution in [-0.4, -0.2) is 36.6 Å². The van der Waals surface area contributed by atoms with Crippen LogP contribution in [0.15, 0.2) is 9.52 Å². The Kier molecular flexibility index (Phi) is 3.78. The number of carbonyl (C=O) groups is 2. The number of hydrazone groups is 1. The first-order valence-corrected chi connectivity index (χ1v) is 6.38. The van der Waals surface area contributed by atoms with Gasteiger partial charge in [0, 0.05) is 31.6 Å². The second kappa shape index (κ2) is 5.36. The number of aryl methyl sites for hydroxylation is 1. The Balaban J connectivity index is 2.44. The maximum atomic E-state index is 12.1. The number of carbonyl (C=O) groups excluding carboxylic acids is 2. The zero-order chi connectivity index (χ0) is 14.9. The van der Waals surface area contributed by atoms with Gasteiger partial charge in [-0.2, -0.15) is 5.10 Å². The Hall–Kier alpha value is -2.31. The molecule has 1 aliphatic carbocycles. The summed E-state index contributed by atoms with van der Waals surface area (Å²) in [5.74, 6) is 0.886. The van der Waals surface area contributed by atoms with Gasteiger partial charge in [-0.1, -0.05) is 0 Å². The second-order valence-electron chi connectivity index (χ2n) is 4.94. The van der Waals surface area contributed by atoms with Gasteiger partial charge in [0.25, 0.3) is 5.91 Å². The average Bonchev–Trinajstić information content (AvgIpc) is 2.73. The van der Waals surface area contributed by atoms with Crippen LogP contribution in [0.5, 0.6) is 0 Å². The smallest absolute Gasteiger partial charge is 0.332 e. The molecule has 1 aromatic heterocycles. The second-order valence-corrected chi connectivity index (χ2v) is 4.94. The van der Waals surface area contributed by atoms with E-state index >= 15 is 0 Å². The third kappa shape index (κ3) is 2.52. The topological polar surface area (TPSA) is 101 Å². The lowest BCUT2D eigenvalue weighted by Crippen LogP contribution is -2.27. The van der Waals surface area contributed by atoms with Gasteiger partial charge >= 0.3 is 6.03 Å². The van der Waals surface area contributed by atoms with Crippen LogP contribution in [0.4, 0.5) is 4.79 Å². The van der Waals surface area contributed by atoms with Crippen LogP contribution in [0.3, 0.4) is 0 Å². The van der Waals surface area contributed by atoms with Crippen molar-refractivity contribution in [2.45, 2.75) is 26.2 Å². The SMILES string of the molecule is Cc1c(C(=O)N(C)C)oc2c1/C(=N/NC(N)=O)CCC2. The molecule has 0 saturated heterocycles. The molecular weight excluding hydrogens is 260 g/mol. The fourth-order valence-corrected chi connectivity index (χ4v) is 2.31. The molecule has 3 N–H and O–H groups in total. The highest BCUT2D eigenvalue weighted by Crippen LogP contribution is 2.30. The first kappa shape index (κ1) is 14.1. The Morgan fingerprint density at radius 2 is 2.05 bits per heavy atom. The van der Waals surface area contributed by atoms with Gasteiger partial charge in [0.2, 0.25) is 0 Å². The third-order valence-electron chi connectivity index (χ3n) is 3.23. The summed E-state index contributed by atoms with van der Waals surface area (Å²) >= 11 is 0. The first-order valence-electron chi connectivity index (χ1n) is 6.38. The molecule has 0 fully saturated rings. The lowest BCUT2D eigenvalue weighted by Gasteiger charge is -2.13. The van der Waals surface area contributed by atoms with E-state index in [4.69, 9.17) is 10.2 Å². The van der Waals surface area contributed by atoms with Gasteiger partial charge in [0.1, 0.15) is 5.76 Å². The Morgan fingerprint density at radius 3 is 2.65 bits per heavy atom. The van der Waals surface area contributed by atoms with Gasteiger partial charge in [-0.25, -0.2) is 10.2 Å². The van der Waals surface area contributed by atoms with Crippen LogP contribution in [0.2, 0.25) is 0 Å². The van der Waals surface area contributed by atoms with Crippen molar-refractivity contribution in [3.05, 3.63) is 22.6 Å². The fourth-order valence-electron chi connectivity index (χ4n) is 2.31. The highest BCUT2D eigenvalue weighted by Gasteiger charge is 2.28. The Labute approximate surface area is 116 Å². The molecule has 7 heteroatoms. The number of hydrogen-bond acceptors (Lipinski definition) is 4. The molecular formula is C13H18N4O3. The summed E-state index contributed by atoms with van der Waals surface area (Å²) in [6, 6.07) is -0.713. The minimum Gasteiger partial charge on any atom is -0.455 e. The van der Waals surface area contributed by atoms with Crippen molar-refractivity contribution >= 4 is 17.6 Å². The molecule has 0 aliphatic heterocycles. The lowest BCUT2D eigenvalue weighted by molar-refractivity contribution is 0.0793. The summed E-state index contributed by atoms with van der Waals surface area (Å²) in [7, 11) is 3.35. The van der Waals surface area contributed by atoms with Crippen molar-refractivity contribution in [1.82, 2.24) is 10.3 Å². The molecule has 20 heavy (non-hydrogen) atoms. The normalized spacial score (nSPS) is 15.8. The number of furan rings is 1. The summed E-state index contributed by atoms with van der Waals surface area (Å²) in [6.07, 6.45) is 2.32. The van der Waals surface area contributed by atoms with Crippen LogP contribution in [0, 0.1) is 6.92 Å². The predicted molar refractivity (Wildman–Crippen MR) is 73.7 cm³/mol. The van der Waals surface area contributed by atoms with Crippen molar-refractivity contribution in [3.63, 3.8) is 0 Å². The Morgan fingerprint density at radius 1 is 1.35 bits per heavy atom. The molecule has 0 saturated carbocycles. The van der Waals surface area contributed by atoms with Gasteiger partial charge in [-0.3, -0.25) is 4.79 Å². The van der Waals surface area contributed by atoms with Crippen LogP contribution in [0.25, 0.3) is 0 Å². The fraction of sp³-hybridized carbons (Fsp3) is 0.462. The molecule has 2 rings (SSSR count). The number of nitrogens with one attached hydrogen (secondary N) is 1. The van der Waals surface area contributed by atoms with E-state index < -0.39 is 6.03 Å². The molecule has 0 radical (unpaired) electrons. The molecule has 0 atom stereocenters. The van der Waals surface area contributed by atoms with E-state index in [9.17, 15) is 9.59 Å². The van der Waals surface area contributed by atoms with E-state index in [0.29, 0.717) is 17.9 Å². The standard InChI is InChI=1S/C13H18N4O3/c1-7-10-8(15-16-13(14)19)5-4-6-9(10)20-11(7)12(18)17(2)3/h4-6H2,1-3H3,(H3,14,16,19)/b15-8+. The molecule has 3 amide bonds. The quantitative estimate of drug-likeness (QED) is 0.789. The number of primary amides is 1. The van der Waals surface area contributed by atoms with E-state index in [1.165, 1.54) is 4.90 Å². The third-order valence-corrected chi connectivity index (χ3v) is 3.23. The predicted octanol–water partition coefficient (Wildman–Crippen LogP) is 0.999. The van der Waals surface area contributed by atoms with Gasteiger partial charge in [0.05, 0.1) is 5.71 Å². The number of urea groups is 1. The molecule has 1 heterocycles. The van der Waals surface area contributed by atoms with Crippen LogP contribution in [0.1, 0.15) is 40.3 Å². The molecule has 0 spiro atoms. The van der Waals surface area contributed by atoms with E-state index in [-0.39, 0.29) is 5.91 Å². The number of nitrogens with two attached hydrogens (primary N) is 1. The van der Waals surface area contributed by atoms with Gasteiger partial charge in [0.15, 0.2) is 5.76 Å². The van der Waals surface area contributed by atoms with E-state index in [1.807, 2.05) is 6.92 Å². The van der Waals surface area contributed by atoms with E-state index in [2.05, 4.69) is 10.5 Å². The van der Waals surface area contributed by atoms with Crippen LogP contribution >= 0.6 is 0 Å². The molecule has 108 valence electrons. The lowest BCUT2D eigenvalue weighted by atomic mass is 9.93. The maximum absolute atomic E-state index is 12.1. The maximum Gasteiger partial charge on any atom is 0.332 e. The zero-order valence-electron chi connectivity index (χ0n) is 11.8. The van der Waals surface area contributed by atoms with Crippen molar-refractivity contribution < 1.29 is 14.0 Å². The molecule has 0 unspecified atom stereocenters.